The molecule has 20 heavy (non-hydrogen) atoms. The van der Waals surface area contributed by atoms with Gasteiger partial charge < -0.3 is 10.0 Å². The van der Waals surface area contributed by atoms with E-state index in [-0.39, 0.29) is 17.3 Å². The van der Waals surface area contributed by atoms with Crippen molar-refractivity contribution in [2.45, 2.75) is 30.9 Å². The Kier molecular flexibility index (Phi) is 2.70. The maximum Gasteiger partial charge on any atom is 0.179 e. The Morgan fingerprint density at radius 2 is 2.10 bits per heavy atom. The highest BCUT2D eigenvalue weighted by atomic mass is 16.3. The molecule has 1 N–H and O–H groups in total. The maximum atomic E-state index is 10.9. The molecule has 0 amide bonds. The Hall–Kier alpha value is -2.44. The molecule has 0 bridgehead atoms. The Morgan fingerprint density at radius 3 is 2.75 bits per heavy atom. The third-order valence-corrected chi connectivity index (χ3v) is 4.08. The number of hydrogen-bond donors (Lipinski definition) is 1. The number of nitriles is 2. The van der Waals surface area contributed by atoms with E-state index in [4.69, 9.17) is 10.5 Å². The first-order valence-corrected chi connectivity index (χ1v) is 6.48. The molecule has 1 saturated carbocycles. The fourth-order valence-corrected chi connectivity index (χ4v) is 3.24. The first-order chi connectivity index (χ1) is 9.65. The molecule has 1 aliphatic heterocycles. The number of fused-ring (bicyclic) bond motifs is 3. The quantitative estimate of drug-likeness (QED) is 0.808. The predicted molar refractivity (Wildman–Crippen MR) is 70.5 cm³/mol. The third kappa shape index (κ3) is 1.46. The van der Waals surface area contributed by atoms with E-state index in [0.29, 0.717) is 24.5 Å². The maximum absolute atomic E-state index is 10.9. The minimum Gasteiger partial charge on any atom is -0.370 e. The zero-order chi connectivity index (χ0) is 14.3. The summed E-state index contributed by atoms with van der Waals surface area (Å²) in [6.07, 6.45) is 4.03. The molecule has 6 nitrogen and oxygen atoms in total. The summed E-state index contributed by atoms with van der Waals surface area (Å²) < 4.78 is 0. The Morgan fingerprint density at radius 1 is 1.40 bits per heavy atom. The van der Waals surface area contributed by atoms with Crippen molar-refractivity contribution in [3.8, 4) is 12.1 Å². The summed E-state index contributed by atoms with van der Waals surface area (Å²) in [7, 11) is 0. The fraction of sp³-hybridized carbons (Fsp3) is 0.429. The highest BCUT2D eigenvalue weighted by Gasteiger charge is 2.54. The number of hydrogen-bond acceptors (Lipinski definition) is 6. The van der Waals surface area contributed by atoms with Crippen LogP contribution in [0.2, 0.25) is 0 Å². The standard InChI is InChI=1S/C14H13N5O/c1-2-6-19-13-12(9-4-3-5-14(9,19)20)17-10(7-15)11(8-16)18-13/h2,9,20H,1,3-6H2. The van der Waals surface area contributed by atoms with Gasteiger partial charge in [-0.05, 0) is 19.3 Å². The third-order valence-electron chi connectivity index (χ3n) is 4.08. The molecule has 1 aliphatic carbocycles. The smallest absolute Gasteiger partial charge is 0.179 e. The van der Waals surface area contributed by atoms with Gasteiger partial charge in [-0.15, -0.1) is 6.58 Å². The van der Waals surface area contributed by atoms with Crippen molar-refractivity contribution in [1.29, 1.82) is 10.5 Å². The fourth-order valence-electron chi connectivity index (χ4n) is 3.24. The molecule has 3 rings (SSSR count). The number of rotatable bonds is 2. The molecule has 1 fully saturated rings. The van der Waals surface area contributed by atoms with E-state index in [1.807, 2.05) is 12.1 Å². The van der Waals surface area contributed by atoms with Crippen molar-refractivity contribution in [2.24, 2.45) is 0 Å². The van der Waals surface area contributed by atoms with Gasteiger partial charge in [-0.1, -0.05) is 6.08 Å². The first-order valence-electron chi connectivity index (χ1n) is 6.48. The Labute approximate surface area is 116 Å². The number of nitrogens with zero attached hydrogens (tertiary/aromatic N) is 5. The number of aliphatic hydroxyl groups is 1. The second-order valence-electron chi connectivity index (χ2n) is 5.08. The first kappa shape index (κ1) is 12.6. The van der Waals surface area contributed by atoms with Gasteiger partial charge in [-0.2, -0.15) is 10.5 Å². The van der Waals surface area contributed by atoms with E-state index in [2.05, 4.69) is 16.5 Å². The minimum atomic E-state index is -1.02. The van der Waals surface area contributed by atoms with Gasteiger partial charge in [-0.3, -0.25) is 0 Å². The van der Waals surface area contributed by atoms with E-state index in [1.165, 1.54) is 0 Å². The van der Waals surface area contributed by atoms with Gasteiger partial charge in [0, 0.05) is 6.54 Å². The van der Waals surface area contributed by atoms with Gasteiger partial charge in [0.05, 0.1) is 11.6 Å². The summed E-state index contributed by atoms with van der Waals surface area (Å²) in [5.41, 5.74) is -0.357. The monoisotopic (exact) mass is 267 g/mol. The van der Waals surface area contributed by atoms with Gasteiger partial charge in [0.1, 0.15) is 17.9 Å². The molecule has 1 aromatic heterocycles. The van der Waals surface area contributed by atoms with Crippen LogP contribution in [0.25, 0.3) is 0 Å². The summed E-state index contributed by atoms with van der Waals surface area (Å²) in [6.45, 7) is 4.14. The largest absolute Gasteiger partial charge is 0.370 e. The highest BCUT2D eigenvalue weighted by Crippen LogP contribution is 2.53. The molecule has 0 saturated heterocycles. The van der Waals surface area contributed by atoms with Gasteiger partial charge in [0.25, 0.3) is 0 Å². The lowest BCUT2D eigenvalue weighted by Gasteiger charge is -2.33. The van der Waals surface area contributed by atoms with Gasteiger partial charge in [-0.25, -0.2) is 9.97 Å². The normalized spacial score (nSPS) is 26.6. The van der Waals surface area contributed by atoms with Crippen LogP contribution in [0.5, 0.6) is 0 Å². The lowest BCUT2D eigenvalue weighted by Crippen LogP contribution is -2.46. The molecular formula is C14H13N5O. The SMILES string of the molecule is C=CCN1c2nc(C#N)c(C#N)nc2C2CCCC21O. The zero-order valence-corrected chi connectivity index (χ0v) is 10.9. The minimum absolute atomic E-state index is 0.00360. The molecule has 2 atom stereocenters. The lowest BCUT2D eigenvalue weighted by atomic mass is 9.99. The van der Waals surface area contributed by atoms with Crippen LogP contribution >= 0.6 is 0 Å². The topological polar surface area (TPSA) is 96.8 Å². The molecule has 100 valence electrons. The van der Waals surface area contributed by atoms with Gasteiger partial charge >= 0.3 is 0 Å². The predicted octanol–water partition coefficient (Wildman–Crippen LogP) is 1.18. The van der Waals surface area contributed by atoms with Crippen LogP contribution in [0, 0.1) is 22.7 Å². The van der Waals surface area contributed by atoms with Crippen LogP contribution in [0.4, 0.5) is 5.82 Å². The molecule has 0 aromatic carbocycles. The summed E-state index contributed by atoms with van der Waals surface area (Å²) in [6, 6.07) is 3.79. The van der Waals surface area contributed by atoms with Crippen molar-refractivity contribution in [3.05, 3.63) is 29.7 Å². The molecule has 0 spiro atoms. The molecule has 0 radical (unpaired) electrons. The molecular weight excluding hydrogens is 254 g/mol. The summed E-state index contributed by atoms with van der Waals surface area (Å²) >= 11 is 0. The van der Waals surface area contributed by atoms with Crippen LogP contribution in [0.15, 0.2) is 12.7 Å². The van der Waals surface area contributed by atoms with E-state index < -0.39 is 5.72 Å². The Balaban J connectivity index is 2.22. The van der Waals surface area contributed by atoms with Crippen LogP contribution in [0.1, 0.15) is 42.3 Å². The van der Waals surface area contributed by atoms with Crippen molar-refractivity contribution >= 4 is 5.82 Å². The van der Waals surface area contributed by atoms with Gasteiger partial charge in [0.15, 0.2) is 17.2 Å². The molecule has 2 heterocycles. The second kappa shape index (κ2) is 4.29. The zero-order valence-electron chi connectivity index (χ0n) is 10.9. The van der Waals surface area contributed by atoms with Crippen LogP contribution in [-0.2, 0) is 0 Å². The van der Waals surface area contributed by atoms with Crippen molar-refractivity contribution in [1.82, 2.24) is 9.97 Å². The van der Waals surface area contributed by atoms with E-state index >= 15 is 0 Å². The van der Waals surface area contributed by atoms with Crippen LogP contribution in [-0.4, -0.2) is 27.3 Å². The van der Waals surface area contributed by atoms with Crippen molar-refractivity contribution in [2.75, 3.05) is 11.4 Å². The van der Waals surface area contributed by atoms with Crippen LogP contribution < -0.4 is 4.90 Å². The van der Waals surface area contributed by atoms with E-state index in [9.17, 15) is 5.11 Å². The molecule has 1 aromatic rings. The molecule has 2 unspecified atom stereocenters. The van der Waals surface area contributed by atoms with E-state index in [1.54, 1.807) is 11.0 Å². The number of anilines is 1. The summed E-state index contributed by atoms with van der Waals surface area (Å²) in [5.74, 6) is 0.359. The van der Waals surface area contributed by atoms with Crippen LogP contribution in [0.3, 0.4) is 0 Å². The Bertz CT molecular complexity index is 671. The lowest BCUT2D eigenvalue weighted by molar-refractivity contribution is 0.0374. The highest BCUT2D eigenvalue weighted by molar-refractivity contribution is 5.59. The molecule has 2 aliphatic rings. The van der Waals surface area contributed by atoms with Crippen molar-refractivity contribution < 1.29 is 5.11 Å². The van der Waals surface area contributed by atoms with Crippen molar-refractivity contribution in [3.63, 3.8) is 0 Å². The molecule has 6 heteroatoms. The summed E-state index contributed by atoms with van der Waals surface area (Å²) in [5, 5.41) is 29.0. The average molecular weight is 267 g/mol. The summed E-state index contributed by atoms with van der Waals surface area (Å²) in [4.78, 5) is 10.3. The van der Waals surface area contributed by atoms with Gasteiger partial charge in [0.2, 0.25) is 0 Å². The average Bonchev–Trinajstić information content (AvgIpc) is 2.94. The van der Waals surface area contributed by atoms with E-state index in [0.717, 1.165) is 12.8 Å². The number of aromatic nitrogens is 2. The second-order valence-corrected chi connectivity index (χ2v) is 5.08.